The van der Waals surface area contributed by atoms with E-state index in [9.17, 15) is 9.50 Å². The predicted octanol–water partition coefficient (Wildman–Crippen LogP) is 4.25. The first-order chi connectivity index (χ1) is 14.6. The van der Waals surface area contributed by atoms with Gasteiger partial charge in [-0.3, -0.25) is 0 Å². The molecule has 0 saturated carbocycles. The van der Waals surface area contributed by atoms with Crippen LogP contribution < -0.4 is 10.1 Å². The molecule has 2 unspecified atom stereocenters. The Kier molecular flexibility index (Phi) is 7.63. The molecule has 0 radical (unpaired) electrons. The molecule has 0 bridgehead atoms. The second-order valence-corrected chi connectivity index (χ2v) is 7.23. The molecular weight excluding hydrogens is 417 g/mol. The van der Waals surface area contributed by atoms with E-state index in [-0.39, 0.29) is 37.4 Å². The predicted molar refractivity (Wildman–Crippen MR) is 122 cm³/mol. The lowest BCUT2D eigenvalue weighted by Gasteiger charge is -2.21. The maximum atomic E-state index is 13.8. The van der Waals surface area contributed by atoms with Gasteiger partial charge in [-0.2, -0.15) is 0 Å². The Bertz CT molecular complexity index is 1130. The van der Waals surface area contributed by atoms with Crippen LogP contribution in [0.5, 0.6) is 5.75 Å². The van der Waals surface area contributed by atoms with Gasteiger partial charge in [0.25, 0.3) is 0 Å². The summed E-state index contributed by atoms with van der Waals surface area (Å²) in [6.07, 6.45) is 2.78. The molecule has 7 heteroatoms. The topological polar surface area (TPSA) is 59.3 Å². The van der Waals surface area contributed by atoms with Crippen LogP contribution in [0.2, 0.25) is 0 Å². The third kappa shape index (κ3) is 5.41. The first kappa shape index (κ1) is 22.7. The van der Waals surface area contributed by atoms with Gasteiger partial charge >= 0.3 is 0 Å². The minimum absolute atomic E-state index is 0. The van der Waals surface area contributed by atoms with Crippen molar-refractivity contribution in [1.29, 1.82) is 0 Å². The fourth-order valence-corrected chi connectivity index (χ4v) is 3.52. The van der Waals surface area contributed by atoms with E-state index in [1.165, 1.54) is 12.1 Å². The van der Waals surface area contributed by atoms with E-state index in [1.54, 1.807) is 12.3 Å². The van der Waals surface area contributed by atoms with Crippen molar-refractivity contribution in [3.8, 4) is 5.75 Å². The van der Waals surface area contributed by atoms with E-state index in [0.717, 1.165) is 27.9 Å². The number of halogens is 2. The van der Waals surface area contributed by atoms with Crippen molar-refractivity contribution < 1.29 is 14.2 Å². The van der Waals surface area contributed by atoms with Crippen molar-refractivity contribution in [2.75, 3.05) is 13.2 Å². The Balaban J connectivity index is 0.00000272. The summed E-state index contributed by atoms with van der Waals surface area (Å²) in [5.41, 5.74) is 0.742. The molecule has 4 rings (SSSR count). The van der Waals surface area contributed by atoms with Crippen molar-refractivity contribution in [3.63, 3.8) is 0 Å². The average molecular weight is 442 g/mol. The number of imidazole rings is 1. The number of hydrogen-bond acceptors (Lipinski definition) is 4. The number of aromatic nitrogens is 2. The highest BCUT2D eigenvalue weighted by Crippen LogP contribution is 2.25. The molecule has 4 aromatic rings. The number of nitrogens with zero attached hydrogens (tertiary/aromatic N) is 2. The zero-order chi connectivity index (χ0) is 20.9. The van der Waals surface area contributed by atoms with Gasteiger partial charge in [0.1, 0.15) is 30.1 Å². The molecule has 1 heterocycles. The first-order valence-corrected chi connectivity index (χ1v) is 9.86. The number of nitrogens with one attached hydrogen (secondary N) is 1. The third-order valence-electron chi connectivity index (χ3n) is 5.04. The largest absolute Gasteiger partial charge is 0.490 e. The lowest BCUT2D eigenvalue weighted by atomic mass is 10.1. The summed E-state index contributed by atoms with van der Waals surface area (Å²) in [4.78, 5) is 4.39. The van der Waals surface area contributed by atoms with E-state index in [2.05, 4.69) is 10.3 Å². The molecule has 5 nitrogen and oxygen atoms in total. The fourth-order valence-electron chi connectivity index (χ4n) is 3.52. The van der Waals surface area contributed by atoms with Crippen LogP contribution in [0.3, 0.4) is 0 Å². The zero-order valence-electron chi connectivity index (χ0n) is 17.1. The Labute approximate surface area is 186 Å². The standard InChI is InChI=1S/C24H24FN3O2.ClH/c1-28-13-12-26-24(28)23(18-8-4-9-19(25)14-18)27-15-20(29)16-30-22-11-5-7-17-6-2-3-10-21(17)22;/h2-14,20,23,27,29H,15-16H2,1H3;1H. The van der Waals surface area contributed by atoms with E-state index in [0.29, 0.717) is 0 Å². The van der Waals surface area contributed by atoms with Gasteiger partial charge in [0, 0.05) is 31.4 Å². The van der Waals surface area contributed by atoms with Gasteiger partial charge in [-0.15, -0.1) is 12.4 Å². The molecule has 0 spiro atoms. The van der Waals surface area contributed by atoms with Crippen molar-refractivity contribution >= 4 is 23.2 Å². The SMILES string of the molecule is Cl.Cn1ccnc1C(NCC(O)COc1cccc2ccccc12)c1cccc(F)c1. The van der Waals surface area contributed by atoms with Gasteiger partial charge in [-0.05, 0) is 29.1 Å². The highest BCUT2D eigenvalue weighted by molar-refractivity contribution is 5.88. The number of hydrogen-bond donors (Lipinski definition) is 2. The number of ether oxygens (including phenoxy) is 1. The number of fused-ring (bicyclic) bond motifs is 1. The molecule has 3 aromatic carbocycles. The summed E-state index contributed by atoms with van der Waals surface area (Å²) >= 11 is 0. The van der Waals surface area contributed by atoms with Crippen LogP contribution in [0.15, 0.2) is 79.1 Å². The molecule has 31 heavy (non-hydrogen) atoms. The lowest BCUT2D eigenvalue weighted by Crippen LogP contribution is -2.35. The summed E-state index contributed by atoms with van der Waals surface area (Å²) in [7, 11) is 1.89. The van der Waals surface area contributed by atoms with E-state index in [4.69, 9.17) is 4.74 Å². The highest BCUT2D eigenvalue weighted by Gasteiger charge is 2.20. The van der Waals surface area contributed by atoms with Crippen molar-refractivity contribution in [3.05, 3.63) is 96.3 Å². The Morgan fingerprint density at radius 2 is 1.87 bits per heavy atom. The molecule has 0 fully saturated rings. The van der Waals surface area contributed by atoms with Gasteiger partial charge in [0.2, 0.25) is 0 Å². The van der Waals surface area contributed by atoms with E-state index < -0.39 is 6.10 Å². The number of aliphatic hydroxyl groups is 1. The van der Waals surface area contributed by atoms with E-state index in [1.807, 2.05) is 66.3 Å². The third-order valence-corrected chi connectivity index (χ3v) is 5.04. The highest BCUT2D eigenvalue weighted by atomic mass is 35.5. The summed E-state index contributed by atoms with van der Waals surface area (Å²) < 4.78 is 21.5. The minimum Gasteiger partial charge on any atom is -0.490 e. The van der Waals surface area contributed by atoms with Crippen LogP contribution in [-0.2, 0) is 7.05 Å². The summed E-state index contributed by atoms with van der Waals surface area (Å²) in [5.74, 6) is 1.16. The molecule has 0 amide bonds. The Morgan fingerprint density at radius 3 is 2.65 bits per heavy atom. The zero-order valence-corrected chi connectivity index (χ0v) is 17.9. The minimum atomic E-state index is -0.750. The molecule has 162 valence electrons. The van der Waals surface area contributed by atoms with Crippen molar-refractivity contribution in [2.24, 2.45) is 7.05 Å². The van der Waals surface area contributed by atoms with Crippen LogP contribution in [0.1, 0.15) is 17.4 Å². The van der Waals surface area contributed by atoms with Gasteiger partial charge in [-0.25, -0.2) is 9.37 Å². The molecule has 2 N–H and O–H groups in total. The number of aliphatic hydroxyl groups excluding tert-OH is 1. The van der Waals surface area contributed by atoms with Crippen molar-refractivity contribution in [2.45, 2.75) is 12.1 Å². The Hall–Kier alpha value is -2.93. The number of benzene rings is 3. The van der Waals surface area contributed by atoms with Gasteiger partial charge in [-0.1, -0.05) is 48.5 Å². The van der Waals surface area contributed by atoms with Gasteiger partial charge < -0.3 is 19.7 Å². The van der Waals surface area contributed by atoms with Crippen LogP contribution in [0.25, 0.3) is 10.8 Å². The quantitative estimate of drug-likeness (QED) is 0.429. The van der Waals surface area contributed by atoms with Gasteiger partial charge in [0.05, 0.1) is 6.04 Å². The molecule has 2 atom stereocenters. The fraction of sp³-hybridized carbons (Fsp3) is 0.208. The van der Waals surface area contributed by atoms with Crippen LogP contribution in [0.4, 0.5) is 4.39 Å². The maximum Gasteiger partial charge on any atom is 0.130 e. The van der Waals surface area contributed by atoms with Gasteiger partial charge in [0.15, 0.2) is 0 Å². The molecule has 0 aliphatic carbocycles. The summed E-state index contributed by atoms with van der Waals surface area (Å²) in [6.45, 7) is 0.399. The summed E-state index contributed by atoms with van der Waals surface area (Å²) in [5, 5.41) is 15.9. The smallest absolute Gasteiger partial charge is 0.130 e. The number of rotatable bonds is 8. The van der Waals surface area contributed by atoms with Crippen LogP contribution in [-0.4, -0.2) is 33.9 Å². The monoisotopic (exact) mass is 441 g/mol. The second kappa shape index (κ2) is 10.4. The van der Waals surface area contributed by atoms with E-state index >= 15 is 0 Å². The van der Waals surface area contributed by atoms with Crippen LogP contribution in [0, 0.1) is 5.82 Å². The number of aryl methyl sites for hydroxylation is 1. The van der Waals surface area contributed by atoms with Crippen molar-refractivity contribution in [1.82, 2.24) is 14.9 Å². The maximum absolute atomic E-state index is 13.8. The first-order valence-electron chi connectivity index (χ1n) is 9.86. The second-order valence-electron chi connectivity index (χ2n) is 7.23. The lowest BCUT2D eigenvalue weighted by molar-refractivity contribution is 0.105. The average Bonchev–Trinajstić information content (AvgIpc) is 3.18. The van der Waals surface area contributed by atoms with Crippen LogP contribution >= 0.6 is 12.4 Å². The molecule has 0 saturated heterocycles. The summed E-state index contributed by atoms with van der Waals surface area (Å²) in [6, 6.07) is 19.9. The molecular formula is C24H25ClFN3O2. The Morgan fingerprint density at radius 1 is 1.10 bits per heavy atom. The molecule has 0 aliphatic heterocycles. The normalized spacial score (nSPS) is 12.9. The molecule has 1 aromatic heterocycles. The molecule has 0 aliphatic rings.